The lowest BCUT2D eigenvalue weighted by molar-refractivity contribution is -0.148. The molecule has 2 rings (SSSR count). The molecule has 0 aromatic carbocycles. The van der Waals surface area contributed by atoms with Crippen LogP contribution >= 0.6 is 0 Å². The molecule has 0 aromatic heterocycles. The highest BCUT2D eigenvalue weighted by molar-refractivity contribution is 5.96. The number of hydrogen-bond acceptors (Lipinski definition) is 2. The highest BCUT2D eigenvalue weighted by atomic mass is 16.2. The number of amides is 2. The molecule has 17 heavy (non-hydrogen) atoms. The fraction of sp³-hybridized carbons (Fsp3) is 0.846. The molecule has 0 spiro atoms. The van der Waals surface area contributed by atoms with Gasteiger partial charge in [-0.05, 0) is 25.7 Å². The topological polar surface area (TPSA) is 49.4 Å². The van der Waals surface area contributed by atoms with E-state index in [2.05, 4.69) is 5.32 Å². The number of nitrogens with one attached hydrogen (secondary N) is 1. The van der Waals surface area contributed by atoms with Gasteiger partial charge >= 0.3 is 0 Å². The largest absolute Gasteiger partial charge is 0.343 e. The zero-order chi connectivity index (χ0) is 12.4. The number of nitrogens with zero attached hydrogens (tertiary/aromatic N) is 1. The van der Waals surface area contributed by atoms with E-state index < -0.39 is 0 Å². The van der Waals surface area contributed by atoms with Crippen LogP contribution in [0.15, 0.2) is 0 Å². The van der Waals surface area contributed by atoms with Crippen LogP contribution in [0.25, 0.3) is 0 Å². The second kappa shape index (κ2) is 5.07. The van der Waals surface area contributed by atoms with E-state index in [4.69, 9.17) is 0 Å². The lowest BCUT2D eigenvalue weighted by atomic mass is 10.0. The van der Waals surface area contributed by atoms with E-state index >= 15 is 0 Å². The normalized spacial score (nSPS) is 29.4. The molecule has 0 radical (unpaired) electrons. The van der Waals surface area contributed by atoms with Crippen LogP contribution < -0.4 is 5.32 Å². The maximum atomic E-state index is 12.2. The number of piperazine rings is 1. The third-order valence-corrected chi connectivity index (χ3v) is 3.80. The highest BCUT2D eigenvalue weighted by Gasteiger charge is 2.37. The van der Waals surface area contributed by atoms with Gasteiger partial charge in [0.25, 0.3) is 0 Å². The summed E-state index contributed by atoms with van der Waals surface area (Å²) in [6, 6.07) is -0.586. The molecule has 2 fully saturated rings. The van der Waals surface area contributed by atoms with Crippen molar-refractivity contribution >= 4 is 11.8 Å². The van der Waals surface area contributed by atoms with Crippen molar-refractivity contribution in [3.05, 3.63) is 0 Å². The lowest BCUT2D eigenvalue weighted by Crippen LogP contribution is -2.62. The molecule has 0 aromatic rings. The zero-order valence-electron chi connectivity index (χ0n) is 10.7. The first kappa shape index (κ1) is 12.4. The minimum Gasteiger partial charge on any atom is -0.343 e. The SMILES string of the molecule is CCCC1NC(=O)C(C)N(CCC2CC2)C1=O. The third-order valence-electron chi connectivity index (χ3n) is 3.80. The second-order valence-corrected chi connectivity index (χ2v) is 5.29. The van der Waals surface area contributed by atoms with Crippen molar-refractivity contribution < 1.29 is 9.59 Å². The number of hydrogen-bond donors (Lipinski definition) is 1. The van der Waals surface area contributed by atoms with Gasteiger partial charge in [0.2, 0.25) is 11.8 Å². The van der Waals surface area contributed by atoms with Crippen molar-refractivity contribution in [3.8, 4) is 0 Å². The predicted octanol–water partition coefficient (Wildman–Crippen LogP) is 1.30. The van der Waals surface area contributed by atoms with Crippen LogP contribution in [-0.4, -0.2) is 35.3 Å². The smallest absolute Gasteiger partial charge is 0.245 e. The minimum absolute atomic E-state index is 0.00107. The first-order valence-corrected chi connectivity index (χ1v) is 6.74. The summed E-state index contributed by atoms with van der Waals surface area (Å²) in [6.45, 7) is 4.60. The molecule has 0 bridgehead atoms. The Hall–Kier alpha value is -1.06. The summed E-state index contributed by atoms with van der Waals surface area (Å²) in [5.74, 6) is 0.906. The Morgan fingerprint density at radius 3 is 2.59 bits per heavy atom. The van der Waals surface area contributed by atoms with Crippen LogP contribution in [0.4, 0.5) is 0 Å². The molecule has 1 saturated heterocycles. The van der Waals surface area contributed by atoms with Gasteiger partial charge < -0.3 is 10.2 Å². The third kappa shape index (κ3) is 2.79. The summed E-state index contributed by atoms with van der Waals surface area (Å²) in [6.07, 6.45) is 5.31. The number of carbonyl (C=O) groups excluding carboxylic acids is 2. The van der Waals surface area contributed by atoms with Gasteiger partial charge in [-0.3, -0.25) is 9.59 Å². The fourth-order valence-corrected chi connectivity index (χ4v) is 2.40. The van der Waals surface area contributed by atoms with Crippen molar-refractivity contribution in [3.63, 3.8) is 0 Å². The Bertz CT molecular complexity index is 313. The molecular formula is C13H22N2O2. The molecule has 2 amide bonds. The van der Waals surface area contributed by atoms with Gasteiger partial charge in [-0.1, -0.05) is 26.2 Å². The van der Waals surface area contributed by atoms with Gasteiger partial charge in [0, 0.05) is 6.54 Å². The standard InChI is InChI=1S/C13H22N2O2/c1-3-4-11-13(17)15(8-7-10-5-6-10)9(2)12(16)14-11/h9-11H,3-8H2,1-2H3,(H,14,16). The average molecular weight is 238 g/mol. The van der Waals surface area contributed by atoms with Crippen LogP contribution in [0.1, 0.15) is 46.0 Å². The Labute approximate surface area is 103 Å². The van der Waals surface area contributed by atoms with Crippen molar-refractivity contribution in [2.75, 3.05) is 6.54 Å². The summed E-state index contributed by atoms with van der Waals surface area (Å²) < 4.78 is 0. The zero-order valence-corrected chi connectivity index (χ0v) is 10.7. The quantitative estimate of drug-likeness (QED) is 0.785. The summed E-state index contributed by atoms with van der Waals surface area (Å²) in [5, 5.41) is 2.82. The number of rotatable bonds is 5. The highest BCUT2D eigenvalue weighted by Crippen LogP contribution is 2.32. The van der Waals surface area contributed by atoms with Crippen LogP contribution in [0.2, 0.25) is 0 Å². The van der Waals surface area contributed by atoms with E-state index in [1.807, 2.05) is 13.8 Å². The summed E-state index contributed by atoms with van der Waals surface area (Å²) in [7, 11) is 0. The molecule has 2 unspecified atom stereocenters. The van der Waals surface area contributed by atoms with E-state index in [9.17, 15) is 9.59 Å². The van der Waals surface area contributed by atoms with E-state index in [0.717, 1.165) is 31.7 Å². The molecule has 1 saturated carbocycles. The van der Waals surface area contributed by atoms with Crippen molar-refractivity contribution in [2.24, 2.45) is 5.92 Å². The van der Waals surface area contributed by atoms with Crippen molar-refractivity contribution in [2.45, 2.75) is 58.0 Å². The van der Waals surface area contributed by atoms with E-state index in [1.165, 1.54) is 12.8 Å². The minimum atomic E-state index is -0.297. The van der Waals surface area contributed by atoms with Crippen molar-refractivity contribution in [1.82, 2.24) is 10.2 Å². The second-order valence-electron chi connectivity index (χ2n) is 5.29. The van der Waals surface area contributed by atoms with Gasteiger partial charge in [0.15, 0.2) is 0 Å². The maximum absolute atomic E-state index is 12.2. The molecule has 1 heterocycles. The summed E-state index contributed by atoms with van der Waals surface area (Å²) >= 11 is 0. The average Bonchev–Trinajstić information content (AvgIpc) is 3.10. The Kier molecular flexibility index (Phi) is 3.69. The Morgan fingerprint density at radius 2 is 2.00 bits per heavy atom. The molecule has 1 N–H and O–H groups in total. The molecule has 4 heteroatoms. The molecule has 96 valence electrons. The predicted molar refractivity (Wildman–Crippen MR) is 65.4 cm³/mol. The van der Waals surface area contributed by atoms with E-state index in [-0.39, 0.29) is 23.9 Å². The maximum Gasteiger partial charge on any atom is 0.245 e. The molecule has 1 aliphatic carbocycles. The Morgan fingerprint density at radius 1 is 1.29 bits per heavy atom. The van der Waals surface area contributed by atoms with Gasteiger partial charge in [-0.15, -0.1) is 0 Å². The molecule has 1 aliphatic heterocycles. The van der Waals surface area contributed by atoms with Gasteiger partial charge in [0.05, 0.1) is 0 Å². The molecular weight excluding hydrogens is 216 g/mol. The van der Waals surface area contributed by atoms with Gasteiger partial charge in [-0.2, -0.15) is 0 Å². The van der Waals surface area contributed by atoms with Crippen LogP contribution in [0.5, 0.6) is 0 Å². The first-order valence-electron chi connectivity index (χ1n) is 6.74. The van der Waals surface area contributed by atoms with Gasteiger partial charge in [0.1, 0.15) is 12.1 Å². The Balaban J connectivity index is 1.97. The molecule has 4 nitrogen and oxygen atoms in total. The fourth-order valence-electron chi connectivity index (χ4n) is 2.40. The summed E-state index contributed by atoms with van der Waals surface area (Å²) in [5.41, 5.74) is 0. The van der Waals surface area contributed by atoms with Crippen LogP contribution in [-0.2, 0) is 9.59 Å². The van der Waals surface area contributed by atoms with Crippen molar-refractivity contribution in [1.29, 1.82) is 0 Å². The number of carbonyl (C=O) groups is 2. The first-order chi connectivity index (χ1) is 8.13. The summed E-state index contributed by atoms with van der Waals surface area (Å²) in [4.78, 5) is 25.8. The van der Waals surface area contributed by atoms with Crippen LogP contribution in [0.3, 0.4) is 0 Å². The monoisotopic (exact) mass is 238 g/mol. The van der Waals surface area contributed by atoms with Gasteiger partial charge in [-0.25, -0.2) is 0 Å². The van der Waals surface area contributed by atoms with E-state index in [1.54, 1.807) is 4.90 Å². The van der Waals surface area contributed by atoms with E-state index in [0.29, 0.717) is 0 Å². The molecule has 2 aliphatic rings. The molecule has 2 atom stereocenters. The van der Waals surface area contributed by atoms with Crippen LogP contribution in [0, 0.1) is 5.92 Å². The lowest BCUT2D eigenvalue weighted by Gasteiger charge is -2.37.